The smallest absolute Gasteiger partial charge is 0.234 e. The lowest BCUT2D eigenvalue weighted by Gasteiger charge is -2.11. The van der Waals surface area contributed by atoms with Crippen molar-refractivity contribution in [3.63, 3.8) is 0 Å². The van der Waals surface area contributed by atoms with Gasteiger partial charge in [-0.3, -0.25) is 9.36 Å². The highest BCUT2D eigenvalue weighted by Gasteiger charge is 2.18. The number of hydrogen-bond acceptors (Lipinski definition) is 4. The molecule has 5 nitrogen and oxygen atoms in total. The van der Waals surface area contributed by atoms with Crippen LogP contribution in [0.25, 0.3) is 11.4 Å². The Morgan fingerprint density at radius 2 is 1.68 bits per heavy atom. The van der Waals surface area contributed by atoms with E-state index in [0.717, 1.165) is 11.1 Å². The van der Waals surface area contributed by atoms with Crippen molar-refractivity contribution < 1.29 is 9.18 Å². The molecular weight excluding hydrogens is 435 g/mol. The van der Waals surface area contributed by atoms with Gasteiger partial charge < -0.3 is 5.32 Å². The lowest BCUT2D eigenvalue weighted by molar-refractivity contribution is -0.113. The van der Waals surface area contributed by atoms with Crippen molar-refractivity contribution >= 4 is 35.0 Å². The summed E-state index contributed by atoms with van der Waals surface area (Å²) in [7, 11) is 0. The number of thioether (sulfide) groups is 1. The molecule has 0 bridgehead atoms. The second-order valence-corrected chi connectivity index (χ2v) is 8.02. The van der Waals surface area contributed by atoms with Crippen molar-refractivity contribution in [3.05, 3.63) is 95.3 Å². The van der Waals surface area contributed by atoms with E-state index in [1.54, 1.807) is 18.2 Å². The van der Waals surface area contributed by atoms with Crippen molar-refractivity contribution in [3.8, 4) is 11.4 Å². The summed E-state index contributed by atoms with van der Waals surface area (Å²) in [5.74, 6) is -0.131. The standard InChI is InChI=1S/C23H18ClFN4OS/c24-18-11-5-4-10-17(18)22-27-28-23(29(22)14-16-8-2-1-3-9-16)31-15-21(30)26-20-13-7-6-12-19(20)25/h1-13H,14-15H2,(H,26,30). The van der Waals surface area contributed by atoms with Gasteiger partial charge in [-0.05, 0) is 29.8 Å². The average Bonchev–Trinajstić information content (AvgIpc) is 3.17. The number of aromatic nitrogens is 3. The molecule has 3 aromatic carbocycles. The summed E-state index contributed by atoms with van der Waals surface area (Å²) in [6.07, 6.45) is 0. The number of hydrogen-bond donors (Lipinski definition) is 1. The van der Waals surface area contributed by atoms with Gasteiger partial charge in [0.15, 0.2) is 11.0 Å². The molecular formula is C23H18ClFN4OS. The van der Waals surface area contributed by atoms with Crippen molar-refractivity contribution in [1.29, 1.82) is 0 Å². The molecule has 0 aliphatic heterocycles. The number of nitrogens with one attached hydrogen (secondary N) is 1. The van der Waals surface area contributed by atoms with Crippen molar-refractivity contribution in [2.75, 3.05) is 11.1 Å². The molecule has 0 radical (unpaired) electrons. The number of nitrogens with zero attached hydrogens (tertiary/aromatic N) is 3. The average molecular weight is 453 g/mol. The van der Waals surface area contributed by atoms with Crippen molar-refractivity contribution in [2.24, 2.45) is 0 Å². The molecule has 0 atom stereocenters. The maximum Gasteiger partial charge on any atom is 0.234 e. The van der Waals surface area contributed by atoms with E-state index in [-0.39, 0.29) is 17.3 Å². The Morgan fingerprint density at radius 1 is 0.968 bits per heavy atom. The van der Waals surface area contributed by atoms with E-state index >= 15 is 0 Å². The zero-order valence-corrected chi connectivity index (χ0v) is 17.9. The lowest BCUT2D eigenvalue weighted by atomic mass is 10.2. The normalized spacial score (nSPS) is 10.8. The van der Waals surface area contributed by atoms with Crippen molar-refractivity contribution in [1.82, 2.24) is 14.8 Å². The molecule has 1 amide bonds. The molecule has 0 aliphatic carbocycles. The summed E-state index contributed by atoms with van der Waals surface area (Å²) in [4.78, 5) is 12.4. The third kappa shape index (κ3) is 5.13. The molecule has 31 heavy (non-hydrogen) atoms. The van der Waals surface area contributed by atoms with E-state index in [9.17, 15) is 9.18 Å². The first-order chi connectivity index (χ1) is 15.1. The van der Waals surface area contributed by atoms with Gasteiger partial charge >= 0.3 is 0 Å². The minimum absolute atomic E-state index is 0.0593. The quantitative estimate of drug-likeness (QED) is 0.375. The van der Waals surface area contributed by atoms with Crippen LogP contribution in [0.4, 0.5) is 10.1 Å². The van der Waals surface area contributed by atoms with Crippen LogP contribution in [0, 0.1) is 5.82 Å². The molecule has 4 aromatic rings. The highest BCUT2D eigenvalue weighted by atomic mass is 35.5. The van der Waals surface area contributed by atoms with Crippen LogP contribution in [-0.2, 0) is 11.3 Å². The molecule has 8 heteroatoms. The van der Waals surface area contributed by atoms with Crippen LogP contribution in [0.3, 0.4) is 0 Å². The summed E-state index contributed by atoms with van der Waals surface area (Å²) in [5, 5.41) is 12.3. The van der Waals surface area contributed by atoms with Crippen LogP contribution < -0.4 is 5.32 Å². The Labute approximate surface area is 188 Å². The van der Waals surface area contributed by atoms with E-state index in [2.05, 4.69) is 15.5 Å². The highest BCUT2D eigenvalue weighted by molar-refractivity contribution is 7.99. The Hall–Kier alpha value is -3.16. The molecule has 0 saturated heterocycles. The summed E-state index contributed by atoms with van der Waals surface area (Å²) >= 11 is 7.62. The third-order valence-corrected chi connectivity index (χ3v) is 5.79. The highest BCUT2D eigenvalue weighted by Crippen LogP contribution is 2.30. The van der Waals surface area contributed by atoms with E-state index in [0.29, 0.717) is 22.5 Å². The fraction of sp³-hybridized carbons (Fsp3) is 0.0870. The summed E-state index contributed by atoms with van der Waals surface area (Å²) in [6, 6.07) is 23.4. The monoisotopic (exact) mass is 452 g/mol. The van der Waals surface area contributed by atoms with Gasteiger partial charge in [0.25, 0.3) is 0 Å². The molecule has 0 unspecified atom stereocenters. The topological polar surface area (TPSA) is 59.8 Å². The predicted octanol–water partition coefficient (Wildman–Crippen LogP) is 5.52. The van der Waals surface area contributed by atoms with Gasteiger partial charge in [0.1, 0.15) is 5.82 Å². The first-order valence-corrected chi connectivity index (χ1v) is 10.9. The number of amides is 1. The van der Waals surface area contributed by atoms with E-state index in [1.165, 1.54) is 23.9 Å². The van der Waals surface area contributed by atoms with Crippen LogP contribution in [-0.4, -0.2) is 26.4 Å². The molecule has 0 saturated carbocycles. The summed E-state index contributed by atoms with van der Waals surface area (Å²) < 4.78 is 15.7. The number of carbonyl (C=O) groups is 1. The van der Waals surface area contributed by atoms with Gasteiger partial charge in [-0.1, -0.05) is 78.0 Å². The molecule has 1 heterocycles. The zero-order valence-electron chi connectivity index (χ0n) is 16.3. The maximum absolute atomic E-state index is 13.8. The number of carbonyl (C=O) groups excluding carboxylic acids is 1. The van der Waals surface area contributed by atoms with E-state index in [1.807, 2.05) is 53.1 Å². The molecule has 4 rings (SSSR count). The number of anilines is 1. The summed E-state index contributed by atoms with van der Waals surface area (Å²) in [6.45, 7) is 0.520. The second kappa shape index (κ2) is 9.76. The van der Waals surface area contributed by atoms with Crippen molar-refractivity contribution in [2.45, 2.75) is 11.7 Å². The maximum atomic E-state index is 13.8. The lowest BCUT2D eigenvalue weighted by Crippen LogP contribution is -2.15. The van der Waals surface area contributed by atoms with Crippen LogP contribution in [0.1, 0.15) is 5.56 Å². The fourth-order valence-electron chi connectivity index (χ4n) is 3.02. The Kier molecular flexibility index (Phi) is 6.64. The Bertz CT molecular complexity index is 1200. The third-order valence-electron chi connectivity index (χ3n) is 4.50. The van der Waals surface area contributed by atoms with Gasteiger partial charge in [0.05, 0.1) is 23.0 Å². The first kappa shape index (κ1) is 21.1. The van der Waals surface area contributed by atoms with Gasteiger partial charge in [-0.2, -0.15) is 0 Å². The van der Waals surface area contributed by atoms with Crippen LogP contribution in [0.15, 0.2) is 84.0 Å². The van der Waals surface area contributed by atoms with E-state index in [4.69, 9.17) is 11.6 Å². The minimum Gasteiger partial charge on any atom is -0.323 e. The molecule has 0 spiro atoms. The number of halogens is 2. The largest absolute Gasteiger partial charge is 0.323 e. The number of rotatable bonds is 7. The van der Waals surface area contributed by atoms with Crippen LogP contribution in [0.5, 0.6) is 0 Å². The van der Waals surface area contributed by atoms with Gasteiger partial charge in [0.2, 0.25) is 5.91 Å². The van der Waals surface area contributed by atoms with E-state index < -0.39 is 5.82 Å². The fourth-order valence-corrected chi connectivity index (χ4v) is 3.98. The number of benzene rings is 3. The number of para-hydroxylation sites is 1. The first-order valence-electron chi connectivity index (χ1n) is 9.51. The van der Waals surface area contributed by atoms with Crippen LogP contribution in [0.2, 0.25) is 5.02 Å². The van der Waals surface area contributed by atoms with Gasteiger partial charge in [0, 0.05) is 5.56 Å². The second-order valence-electron chi connectivity index (χ2n) is 6.67. The molecule has 156 valence electrons. The molecule has 0 fully saturated rings. The van der Waals surface area contributed by atoms with Gasteiger partial charge in [-0.25, -0.2) is 4.39 Å². The zero-order chi connectivity index (χ0) is 21.6. The molecule has 1 aromatic heterocycles. The molecule has 1 N–H and O–H groups in total. The minimum atomic E-state index is -0.478. The summed E-state index contributed by atoms with van der Waals surface area (Å²) in [5.41, 5.74) is 1.97. The van der Waals surface area contributed by atoms with Gasteiger partial charge in [-0.15, -0.1) is 10.2 Å². The predicted molar refractivity (Wildman–Crippen MR) is 122 cm³/mol. The van der Waals surface area contributed by atoms with Crippen LogP contribution >= 0.6 is 23.4 Å². The Morgan fingerprint density at radius 3 is 2.45 bits per heavy atom. The SMILES string of the molecule is O=C(CSc1nnc(-c2ccccc2Cl)n1Cc1ccccc1)Nc1ccccc1F. The Balaban J connectivity index is 1.57. The molecule has 0 aliphatic rings.